The Bertz CT molecular complexity index is 1560. The number of carbonyl (C=O) groups excluding carboxylic acids is 2. The molecular weight excluding hydrogens is 444 g/mol. The van der Waals surface area contributed by atoms with Gasteiger partial charge in [-0.15, -0.1) is 0 Å². The van der Waals surface area contributed by atoms with Gasteiger partial charge in [-0.2, -0.15) is 0 Å². The second-order valence-corrected chi connectivity index (χ2v) is 7.85. The Balaban J connectivity index is 1.32. The third kappa shape index (κ3) is 4.53. The lowest BCUT2D eigenvalue weighted by atomic mass is 10.0. The monoisotopic (exact) mass is 462 g/mol. The third-order valence-corrected chi connectivity index (χ3v) is 5.54. The first kappa shape index (κ1) is 21.7. The van der Waals surface area contributed by atoms with Crippen LogP contribution in [0, 0.1) is 10.1 Å². The number of nitro benzene ring substituents is 1. The standard InChI is InChI=1S/C27H18N4O4/c32-25(17-4-2-1-3-5-17)20-10-15-23-24(16-20)30-26(29-23)18-6-11-21(12-7-18)28-27(33)19-8-13-22(14-9-19)31(34)35/h1-16H,(H,28,33)(H,29,30). The molecule has 170 valence electrons. The highest BCUT2D eigenvalue weighted by atomic mass is 16.6. The molecule has 0 aliphatic rings. The van der Waals surface area contributed by atoms with Crippen LogP contribution >= 0.6 is 0 Å². The van der Waals surface area contributed by atoms with E-state index in [0.29, 0.717) is 28.2 Å². The summed E-state index contributed by atoms with van der Waals surface area (Å²) >= 11 is 0. The number of nitrogens with one attached hydrogen (secondary N) is 2. The van der Waals surface area contributed by atoms with Crippen LogP contribution in [0.15, 0.2) is 97.1 Å². The lowest BCUT2D eigenvalue weighted by molar-refractivity contribution is -0.384. The number of imidazole rings is 1. The Morgan fingerprint density at radius 1 is 0.800 bits per heavy atom. The summed E-state index contributed by atoms with van der Waals surface area (Å²) in [6.07, 6.45) is 0. The molecule has 2 N–H and O–H groups in total. The average molecular weight is 462 g/mol. The number of aromatic amines is 1. The van der Waals surface area contributed by atoms with Crippen molar-refractivity contribution >= 4 is 34.1 Å². The van der Waals surface area contributed by atoms with E-state index in [1.54, 1.807) is 36.4 Å². The number of nitrogens with zero attached hydrogens (tertiary/aromatic N) is 2. The fraction of sp³-hybridized carbons (Fsp3) is 0. The number of carbonyl (C=O) groups is 2. The highest BCUT2D eigenvalue weighted by Gasteiger charge is 2.13. The number of anilines is 1. The van der Waals surface area contributed by atoms with Crippen molar-refractivity contribution in [2.75, 3.05) is 5.32 Å². The van der Waals surface area contributed by atoms with Gasteiger partial charge in [-0.1, -0.05) is 30.3 Å². The highest BCUT2D eigenvalue weighted by Crippen LogP contribution is 2.24. The lowest BCUT2D eigenvalue weighted by Gasteiger charge is -2.06. The number of non-ortho nitro benzene ring substituents is 1. The summed E-state index contributed by atoms with van der Waals surface area (Å²) in [5, 5.41) is 13.5. The summed E-state index contributed by atoms with van der Waals surface area (Å²) in [5.41, 5.74) is 4.30. The van der Waals surface area contributed by atoms with Crippen molar-refractivity contribution < 1.29 is 14.5 Å². The molecule has 8 nitrogen and oxygen atoms in total. The zero-order valence-corrected chi connectivity index (χ0v) is 18.3. The fourth-order valence-electron chi connectivity index (χ4n) is 3.69. The molecule has 8 heteroatoms. The zero-order chi connectivity index (χ0) is 24.4. The van der Waals surface area contributed by atoms with Gasteiger partial charge in [0.15, 0.2) is 5.78 Å². The quantitative estimate of drug-likeness (QED) is 0.193. The molecule has 0 bridgehead atoms. The summed E-state index contributed by atoms with van der Waals surface area (Å²) in [6, 6.07) is 27.0. The Labute approximate surface area is 199 Å². The van der Waals surface area contributed by atoms with Crippen molar-refractivity contribution in [3.63, 3.8) is 0 Å². The summed E-state index contributed by atoms with van der Waals surface area (Å²) in [5.74, 6) is 0.210. The van der Waals surface area contributed by atoms with E-state index in [9.17, 15) is 19.7 Å². The first-order valence-corrected chi connectivity index (χ1v) is 10.7. The molecule has 4 aromatic carbocycles. The molecule has 1 aromatic heterocycles. The molecule has 1 heterocycles. The minimum atomic E-state index is -0.513. The summed E-state index contributed by atoms with van der Waals surface area (Å²) in [6.45, 7) is 0. The van der Waals surface area contributed by atoms with E-state index in [2.05, 4.69) is 15.3 Å². The Morgan fingerprint density at radius 2 is 1.49 bits per heavy atom. The molecule has 35 heavy (non-hydrogen) atoms. The Morgan fingerprint density at radius 3 is 2.17 bits per heavy atom. The SMILES string of the molecule is O=C(Nc1ccc(-c2nc3ccc(C(=O)c4ccccc4)cc3[nH]2)cc1)c1ccc([N+](=O)[O-])cc1. The van der Waals surface area contributed by atoms with Crippen LogP contribution in [-0.4, -0.2) is 26.6 Å². The molecule has 0 aliphatic heterocycles. The lowest BCUT2D eigenvalue weighted by Crippen LogP contribution is -2.11. The molecule has 0 spiro atoms. The summed E-state index contributed by atoms with van der Waals surface area (Å²) in [7, 11) is 0. The number of H-pyrrole nitrogens is 1. The molecule has 1 amide bonds. The average Bonchev–Trinajstić information content (AvgIpc) is 3.32. The number of fused-ring (bicyclic) bond motifs is 1. The van der Waals surface area contributed by atoms with Gasteiger partial charge in [0.2, 0.25) is 0 Å². The minimum absolute atomic E-state index is 0.0586. The van der Waals surface area contributed by atoms with Gasteiger partial charge >= 0.3 is 0 Å². The van der Waals surface area contributed by atoms with Crippen molar-refractivity contribution in [1.29, 1.82) is 0 Å². The van der Waals surface area contributed by atoms with Crippen LogP contribution in [0.4, 0.5) is 11.4 Å². The second kappa shape index (κ2) is 9.03. The molecule has 5 aromatic rings. The van der Waals surface area contributed by atoms with E-state index in [1.165, 1.54) is 24.3 Å². The van der Waals surface area contributed by atoms with Crippen LogP contribution in [0.1, 0.15) is 26.3 Å². The fourth-order valence-corrected chi connectivity index (χ4v) is 3.69. The van der Waals surface area contributed by atoms with Crippen molar-refractivity contribution in [3.8, 4) is 11.4 Å². The van der Waals surface area contributed by atoms with E-state index >= 15 is 0 Å². The van der Waals surface area contributed by atoms with Gasteiger partial charge in [-0.3, -0.25) is 19.7 Å². The predicted molar refractivity (Wildman–Crippen MR) is 132 cm³/mol. The molecule has 0 fully saturated rings. The first-order valence-electron chi connectivity index (χ1n) is 10.7. The number of aromatic nitrogens is 2. The normalized spacial score (nSPS) is 10.7. The third-order valence-electron chi connectivity index (χ3n) is 5.54. The van der Waals surface area contributed by atoms with E-state index < -0.39 is 4.92 Å². The first-order chi connectivity index (χ1) is 17.0. The maximum Gasteiger partial charge on any atom is 0.269 e. The summed E-state index contributed by atoms with van der Waals surface area (Å²) in [4.78, 5) is 43.3. The van der Waals surface area contributed by atoms with Gasteiger partial charge in [0.05, 0.1) is 16.0 Å². The molecule has 0 atom stereocenters. The maximum absolute atomic E-state index is 12.7. The number of hydrogen-bond donors (Lipinski definition) is 2. The molecule has 5 rings (SSSR count). The highest BCUT2D eigenvalue weighted by molar-refractivity contribution is 6.10. The van der Waals surface area contributed by atoms with Crippen LogP contribution in [0.3, 0.4) is 0 Å². The largest absolute Gasteiger partial charge is 0.338 e. The predicted octanol–water partition coefficient (Wildman–Crippen LogP) is 5.62. The van der Waals surface area contributed by atoms with Crippen molar-refractivity contribution in [1.82, 2.24) is 9.97 Å². The van der Waals surface area contributed by atoms with Crippen LogP contribution in [0.5, 0.6) is 0 Å². The number of benzene rings is 4. The smallest absolute Gasteiger partial charge is 0.269 e. The van der Waals surface area contributed by atoms with Gasteiger partial charge in [-0.25, -0.2) is 4.98 Å². The van der Waals surface area contributed by atoms with Gasteiger partial charge in [0.1, 0.15) is 5.82 Å². The summed E-state index contributed by atoms with van der Waals surface area (Å²) < 4.78 is 0. The van der Waals surface area contributed by atoms with E-state index in [1.807, 2.05) is 36.4 Å². The van der Waals surface area contributed by atoms with Crippen LogP contribution in [0.25, 0.3) is 22.4 Å². The van der Waals surface area contributed by atoms with Crippen molar-refractivity contribution in [3.05, 3.63) is 124 Å². The zero-order valence-electron chi connectivity index (χ0n) is 18.3. The molecule has 0 aliphatic carbocycles. The van der Waals surface area contributed by atoms with Crippen molar-refractivity contribution in [2.24, 2.45) is 0 Å². The van der Waals surface area contributed by atoms with E-state index in [-0.39, 0.29) is 17.4 Å². The molecule has 0 saturated heterocycles. The number of rotatable bonds is 6. The van der Waals surface area contributed by atoms with Crippen LogP contribution < -0.4 is 5.32 Å². The van der Waals surface area contributed by atoms with Gasteiger partial charge in [0.25, 0.3) is 11.6 Å². The van der Waals surface area contributed by atoms with Crippen LogP contribution in [-0.2, 0) is 0 Å². The van der Waals surface area contributed by atoms with Crippen molar-refractivity contribution in [2.45, 2.75) is 0 Å². The molecule has 0 saturated carbocycles. The molecule has 0 unspecified atom stereocenters. The van der Waals surface area contributed by atoms with E-state index in [0.717, 1.165) is 16.6 Å². The molecule has 0 radical (unpaired) electrons. The number of amides is 1. The number of hydrogen-bond acceptors (Lipinski definition) is 5. The van der Waals surface area contributed by atoms with Gasteiger partial charge in [-0.05, 0) is 54.6 Å². The second-order valence-electron chi connectivity index (χ2n) is 7.85. The van der Waals surface area contributed by atoms with E-state index in [4.69, 9.17) is 0 Å². The minimum Gasteiger partial charge on any atom is -0.338 e. The van der Waals surface area contributed by atoms with Gasteiger partial charge in [0, 0.05) is 40.1 Å². The van der Waals surface area contributed by atoms with Crippen LogP contribution in [0.2, 0.25) is 0 Å². The number of nitro groups is 1. The maximum atomic E-state index is 12.7. The topological polar surface area (TPSA) is 118 Å². The Hall–Kier alpha value is -5.11. The van der Waals surface area contributed by atoms with Gasteiger partial charge < -0.3 is 10.3 Å². The number of ketones is 1. The Kier molecular flexibility index (Phi) is 5.60. The molecular formula is C27H18N4O4.